The molecule has 0 aliphatic carbocycles. The third-order valence-electron chi connectivity index (χ3n) is 3.74. The number of thioether (sulfide) groups is 1. The molecule has 2 amide bonds. The molecule has 0 saturated heterocycles. The summed E-state index contributed by atoms with van der Waals surface area (Å²) in [7, 11) is 1.56. The molecule has 2 rings (SSSR count). The van der Waals surface area contributed by atoms with Crippen molar-refractivity contribution in [2.45, 2.75) is 11.5 Å². The summed E-state index contributed by atoms with van der Waals surface area (Å²) in [4.78, 5) is 35.9. The van der Waals surface area contributed by atoms with Gasteiger partial charge in [-0.25, -0.2) is 4.79 Å². The largest absolute Gasteiger partial charge is 0.484 e. The van der Waals surface area contributed by atoms with Crippen molar-refractivity contribution in [2.75, 3.05) is 32.6 Å². The zero-order valence-corrected chi connectivity index (χ0v) is 17.4. The average molecular weight is 432 g/mol. The normalized spacial score (nSPS) is 10.3. The van der Waals surface area contributed by atoms with Crippen molar-refractivity contribution < 1.29 is 28.6 Å². The van der Waals surface area contributed by atoms with Gasteiger partial charge in [-0.3, -0.25) is 9.59 Å². The van der Waals surface area contributed by atoms with Crippen LogP contribution in [0.1, 0.15) is 15.9 Å². The number of carbonyl (C=O) groups is 3. The highest BCUT2D eigenvalue weighted by Crippen LogP contribution is 2.24. The van der Waals surface area contributed by atoms with Gasteiger partial charge in [0.15, 0.2) is 6.61 Å². The molecule has 2 aromatic rings. The first-order valence-electron chi connectivity index (χ1n) is 9.14. The molecule has 0 saturated carbocycles. The van der Waals surface area contributed by atoms with Crippen LogP contribution in [0.2, 0.25) is 0 Å². The van der Waals surface area contributed by atoms with Gasteiger partial charge in [0.25, 0.3) is 5.91 Å². The third kappa shape index (κ3) is 8.14. The molecule has 0 bridgehead atoms. The van der Waals surface area contributed by atoms with E-state index in [-0.39, 0.29) is 24.9 Å². The van der Waals surface area contributed by atoms with Crippen LogP contribution >= 0.6 is 11.8 Å². The zero-order valence-electron chi connectivity index (χ0n) is 16.6. The number of nitrogens with one attached hydrogen (secondary N) is 1. The molecule has 0 aliphatic rings. The minimum atomic E-state index is -0.576. The summed E-state index contributed by atoms with van der Waals surface area (Å²) in [5.74, 6) is -0.590. The lowest BCUT2D eigenvalue weighted by Crippen LogP contribution is -2.28. The van der Waals surface area contributed by atoms with Gasteiger partial charge in [-0.05, 0) is 29.8 Å². The number of rotatable bonds is 12. The lowest BCUT2D eigenvalue weighted by Gasteiger charge is -2.10. The molecule has 0 spiro atoms. The maximum Gasteiger partial charge on any atom is 0.339 e. The Hall–Kier alpha value is -3.04. The number of hydrogen-bond acceptors (Lipinski definition) is 7. The number of ether oxygens (including phenoxy) is 3. The molecule has 0 heterocycles. The fourth-order valence-corrected chi connectivity index (χ4v) is 3.22. The van der Waals surface area contributed by atoms with Crippen LogP contribution in [-0.2, 0) is 25.7 Å². The van der Waals surface area contributed by atoms with Gasteiger partial charge < -0.3 is 25.3 Å². The summed E-state index contributed by atoms with van der Waals surface area (Å²) in [6, 6.07) is 13.8. The number of carbonyl (C=O) groups excluding carboxylic acids is 3. The standard InChI is InChI=1S/C21H24N2O6S/c1-27-10-9-23-20(25)14-30-18-8-3-2-7-17(18)21(26)29-12-15-5-4-6-16(11-15)28-13-19(22)24/h2-8,11H,9-10,12-14H2,1H3,(H2,22,24)(H,23,25). The molecule has 0 aromatic heterocycles. The van der Waals surface area contributed by atoms with E-state index in [0.29, 0.717) is 34.9 Å². The van der Waals surface area contributed by atoms with E-state index in [2.05, 4.69) is 5.32 Å². The third-order valence-corrected chi connectivity index (χ3v) is 4.82. The van der Waals surface area contributed by atoms with Crippen molar-refractivity contribution in [2.24, 2.45) is 5.73 Å². The predicted octanol–water partition coefficient (Wildman–Crippen LogP) is 1.76. The van der Waals surface area contributed by atoms with Crippen molar-refractivity contribution in [1.29, 1.82) is 0 Å². The van der Waals surface area contributed by atoms with Gasteiger partial charge in [-0.2, -0.15) is 0 Å². The summed E-state index contributed by atoms with van der Waals surface area (Å²) in [5.41, 5.74) is 6.15. The molecule has 3 N–H and O–H groups in total. The van der Waals surface area contributed by atoms with Gasteiger partial charge in [-0.15, -0.1) is 11.8 Å². The summed E-state index contributed by atoms with van der Waals surface area (Å²) in [5, 5.41) is 2.73. The Kier molecular flexibility index (Phi) is 9.69. The molecule has 9 heteroatoms. The number of hydrogen-bond donors (Lipinski definition) is 2. The first kappa shape index (κ1) is 23.2. The summed E-state index contributed by atoms with van der Waals surface area (Å²) >= 11 is 1.26. The van der Waals surface area contributed by atoms with Gasteiger partial charge in [0, 0.05) is 18.6 Å². The highest BCUT2D eigenvalue weighted by atomic mass is 32.2. The van der Waals surface area contributed by atoms with Gasteiger partial charge in [0.1, 0.15) is 12.4 Å². The second-order valence-corrected chi connectivity index (χ2v) is 7.12. The maximum atomic E-state index is 12.5. The Morgan fingerprint density at radius 1 is 1.10 bits per heavy atom. The van der Waals surface area contributed by atoms with E-state index in [9.17, 15) is 14.4 Å². The van der Waals surface area contributed by atoms with Crippen molar-refractivity contribution in [1.82, 2.24) is 5.32 Å². The Balaban J connectivity index is 1.92. The van der Waals surface area contributed by atoms with Crippen molar-refractivity contribution in [3.05, 3.63) is 59.7 Å². The molecule has 0 radical (unpaired) electrons. The van der Waals surface area contributed by atoms with E-state index in [4.69, 9.17) is 19.9 Å². The lowest BCUT2D eigenvalue weighted by atomic mass is 10.2. The van der Waals surface area contributed by atoms with E-state index in [1.54, 1.807) is 55.6 Å². The topological polar surface area (TPSA) is 117 Å². The summed E-state index contributed by atoms with van der Waals surface area (Å²) in [6.45, 7) is 0.673. The monoisotopic (exact) mass is 432 g/mol. The lowest BCUT2D eigenvalue weighted by molar-refractivity contribution is -0.120. The predicted molar refractivity (Wildman–Crippen MR) is 112 cm³/mol. The van der Waals surface area contributed by atoms with Crippen LogP contribution in [0.25, 0.3) is 0 Å². The van der Waals surface area contributed by atoms with Crippen LogP contribution in [0.5, 0.6) is 5.75 Å². The molecule has 0 aliphatic heterocycles. The quantitative estimate of drug-likeness (QED) is 0.298. The molecule has 8 nitrogen and oxygen atoms in total. The number of amides is 2. The fourth-order valence-electron chi connectivity index (χ4n) is 2.35. The molecule has 0 fully saturated rings. The van der Waals surface area contributed by atoms with Gasteiger partial charge in [0.05, 0.1) is 17.9 Å². The second kappa shape index (κ2) is 12.5. The van der Waals surface area contributed by atoms with Crippen LogP contribution in [0.15, 0.2) is 53.4 Å². The molecular formula is C21H24N2O6S. The minimum absolute atomic E-state index is 0.0309. The van der Waals surface area contributed by atoms with Crippen molar-refractivity contribution in [3.63, 3.8) is 0 Å². The zero-order chi connectivity index (χ0) is 21.8. The molecular weight excluding hydrogens is 408 g/mol. The highest BCUT2D eigenvalue weighted by Gasteiger charge is 2.14. The SMILES string of the molecule is COCCNC(=O)CSc1ccccc1C(=O)OCc1cccc(OCC(N)=O)c1. The Morgan fingerprint density at radius 3 is 2.67 bits per heavy atom. The fraction of sp³-hybridized carbons (Fsp3) is 0.286. The molecule has 160 valence electrons. The molecule has 0 unspecified atom stereocenters. The van der Waals surface area contributed by atoms with Crippen LogP contribution < -0.4 is 15.8 Å². The number of primary amides is 1. The average Bonchev–Trinajstić information content (AvgIpc) is 2.75. The van der Waals surface area contributed by atoms with E-state index in [0.717, 1.165) is 0 Å². The smallest absolute Gasteiger partial charge is 0.339 e. The van der Waals surface area contributed by atoms with Gasteiger partial charge in [-0.1, -0.05) is 24.3 Å². The summed E-state index contributed by atoms with van der Waals surface area (Å²) in [6.07, 6.45) is 0. The first-order valence-corrected chi connectivity index (χ1v) is 10.1. The van der Waals surface area contributed by atoms with E-state index < -0.39 is 11.9 Å². The number of esters is 1. The van der Waals surface area contributed by atoms with Crippen molar-refractivity contribution >= 4 is 29.5 Å². The van der Waals surface area contributed by atoms with E-state index >= 15 is 0 Å². The Morgan fingerprint density at radius 2 is 1.90 bits per heavy atom. The Labute approximate surface area is 179 Å². The highest BCUT2D eigenvalue weighted by molar-refractivity contribution is 8.00. The second-order valence-electron chi connectivity index (χ2n) is 6.11. The van der Waals surface area contributed by atoms with Crippen LogP contribution in [0.3, 0.4) is 0 Å². The Bertz CT molecular complexity index is 874. The number of methoxy groups -OCH3 is 1. The van der Waals surface area contributed by atoms with E-state index in [1.165, 1.54) is 11.8 Å². The number of nitrogens with two attached hydrogens (primary N) is 1. The number of benzene rings is 2. The first-order chi connectivity index (χ1) is 14.5. The molecule has 2 aromatic carbocycles. The van der Waals surface area contributed by atoms with E-state index in [1.807, 2.05) is 0 Å². The van der Waals surface area contributed by atoms with Crippen LogP contribution in [0, 0.1) is 0 Å². The minimum Gasteiger partial charge on any atom is -0.484 e. The van der Waals surface area contributed by atoms with Crippen LogP contribution in [0.4, 0.5) is 0 Å². The van der Waals surface area contributed by atoms with Gasteiger partial charge >= 0.3 is 5.97 Å². The van der Waals surface area contributed by atoms with Gasteiger partial charge in [0.2, 0.25) is 5.91 Å². The summed E-state index contributed by atoms with van der Waals surface area (Å²) < 4.78 is 15.5. The molecule has 0 atom stereocenters. The maximum absolute atomic E-state index is 12.5. The van der Waals surface area contributed by atoms with Crippen molar-refractivity contribution in [3.8, 4) is 5.75 Å². The van der Waals surface area contributed by atoms with Crippen LogP contribution in [-0.4, -0.2) is 50.4 Å². The molecule has 30 heavy (non-hydrogen) atoms.